The molecule has 2 N–H and O–H groups in total. The topological polar surface area (TPSA) is 76.9 Å². The van der Waals surface area contributed by atoms with Crippen LogP contribution in [0, 0.1) is 0 Å². The van der Waals surface area contributed by atoms with E-state index in [0.29, 0.717) is 25.9 Å². The molecule has 6 heteroatoms. The molecule has 2 aliphatic rings. The molecule has 3 rings (SSSR count). The van der Waals surface area contributed by atoms with E-state index in [9.17, 15) is 15.0 Å². The Hall–Kier alpha value is -1.50. The van der Waals surface area contributed by atoms with Gasteiger partial charge in [-0.3, -0.25) is 14.7 Å². The number of piperidine rings is 1. The van der Waals surface area contributed by atoms with Gasteiger partial charge in [0.15, 0.2) is 0 Å². The average Bonchev–Trinajstić information content (AvgIpc) is 3.11. The van der Waals surface area contributed by atoms with Crippen molar-refractivity contribution in [3.63, 3.8) is 0 Å². The van der Waals surface area contributed by atoms with Crippen LogP contribution in [-0.4, -0.2) is 69.3 Å². The summed E-state index contributed by atoms with van der Waals surface area (Å²) in [5.74, 6) is 0.0832. The molecule has 0 radical (unpaired) electrons. The van der Waals surface area contributed by atoms with Gasteiger partial charge in [-0.15, -0.1) is 0 Å². The van der Waals surface area contributed by atoms with Gasteiger partial charge in [-0.25, -0.2) is 0 Å². The molecule has 0 bridgehead atoms. The van der Waals surface area contributed by atoms with E-state index in [1.165, 1.54) is 0 Å². The first kappa shape index (κ1) is 16.4. The van der Waals surface area contributed by atoms with Crippen LogP contribution in [0.4, 0.5) is 0 Å². The molecule has 0 spiro atoms. The monoisotopic (exact) mass is 319 g/mol. The molecule has 2 fully saturated rings. The fourth-order valence-corrected chi connectivity index (χ4v) is 3.52. The zero-order valence-electron chi connectivity index (χ0n) is 13.4. The largest absolute Gasteiger partial charge is 0.393 e. The van der Waals surface area contributed by atoms with Gasteiger partial charge in [0.2, 0.25) is 5.91 Å². The summed E-state index contributed by atoms with van der Waals surface area (Å²) in [4.78, 5) is 21.3. The van der Waals surface area contributed by atoms with Crippen molar-refractivity contribution in [2.75, 3.05) is 32.8 Å². The van der Waals surface area contributed by atoms with E-state index < -0.39 is 5.60 Å². The first-order valence-electron chi connectivity index (χ1n) is 8.39. The molecule has 1 unspecified atom stereocenters. The number of carbonyl (C=O) groups is 1. The smallest absolute Gasteiger partial charge is 0.244 e. The van der Waals surface area contributed by atoms with E-state index in [1.54, 1.807) is 12.4 Å². The quantitative estimate of drug-likeness (QED) is 0.848. The summed E-state index contributed by atoms with van der Waals surface area (Å²) in [6, 6.07) is 3.54. The third kappa shape index (κ3) is 3.54. The third-order valence-corrected chi connectivity index (χ3v) is 5.04. The lowest BCUT2D eigenvalue weighted by Crippen LogP contribution is -2.51. The number of hydrogen-bond acceptors (Lipinski definition) is 5. The van der Waals surface area contributed by atoms with Gasteiger partial charge in [-0.1, -0.05) is 6.07 Å². The number of aliphatic hydroxyl groups is 2. The Balaban J connectivity index is 1.76. The summed E-state index contributed by atoms with van der Waals surface area (Å²) in [5.41, 5.74) is -0.101. The second kappa shape index (κ2) is 6.95. The second-order valence-corrected chi connectivity index (χ2v) is 6.64. The van der Waals surface area contributed by atoms with Gasteiger partial charge in [0, 0.05) is 25.5 Å². The third-order valence-electron chi connectivity index (χ3n) is 5.04. The number of likely N-dealkylation sites (tertiary alicyclic amines) is 2. The van der Waals surface area contributed by atoms with E-state index in [0.717, 1.165) is 31.5 Å². The molecule has 126 valence electrons. The van der Waals surface area contributed by atoms with Gasteiger partial charge >= 0.3 is 0 Å². The summed E-state index contributed by atoms with van der Waals surface area (Å²) >= 11 is 0. The highest BCUT2D eigenvalue weighted by Crippen LogP contribution is 2.29. The van der Waals surface area contributed by atoms with Crippen LogP contribution in [0.25, 0.3) is 0 Å². The molecule has 1 atom stereocenters. The van der Waals surface area contributed by atoms with E-state index in [1.807, 2.05) is 17.0 Å². The van der Waals surface area contributed by atoms with Gasteiger partial charge in [-0.2, -0.15) is 0 Å². The number of amides is 1. The van der Waals surface area contributed by atoms with Crippen molar-refractivity contribution in [1.29, 1.82) is 0 Å². The maximum absolute atomic E-state index is 13.1. The van der Waals surface area contributed by atoms with Crippen molar-refractivity contribution < 1.29 is 15.0 Å². The minimum absolute atomic E-state index is 0.0832. The lowest BCUT2D eigenvalue weighted by Gasteiger charge is -2.39. The van der Waals surface area contributed by atoms with Crippen LogP contribution < -0.4 is 0 Å². The van der Waals surface area contributed by atoms with Gasteiger partial charge in [0.1, 0.15) is 6.04 Å². The first-order chi connectivity index (χ1) is 11.1. The van der Waals surface area contributed by atoms with E-state index >= 15 is 0 Å². The fourth-order valence-electron chi connectivity index (χ4n) is 3.52. The normalized spacial score (nSPS) is 23.0. The molecule has 1 amide bonds. The van der Waals surface area contributed by atoms with Gasteiger partial charge in [0.25, 0.3) is 0 Å². The number of carbonyl (C=O) groups excluding carboxylic acids is 1. The van der Waals surface area contributed by atoms with E-state index in [-0.39, 0.29) is 18.6 Å². The van der Waals surface area contributed by atoms with Crippen molar-refractivity contribution in [3.8, 4) is 0 Å². The molecular weight excluding hydrogens is 294 g/mol. The highest BCUT2D eigenvalue weighted by atomic mass is 16.3. The van der Waals surface area contributed by atoms with Crippen molar-refractivity contribution in [1.82, 2.24) is 14.8 Å². The predicted molar refractivity (Wildman–Crippen MR) is 85.6 cm³/mol. The molecule has 1 aromatic rings. The second-order valence-electron chi connectivity index (χ2n) is 6.64. The number of rotatable bonds is 4. The molecule has 3 heterocycles. The molecular formula is C17H25N3O3. The van der Waals surface area contributed by atoms with Crippen molar-refractivity contribution >= 4 is 5.91 Å². The van der Waals surface area contributed by atoms with Crippen LogP contribution in [0.15, 0.2) is 24.5 Å². The fraction of sp³-hybridized carbons (Fsp3) is 0.647. The molecule has 0 aromatic carbocycles. The summed E-state index contributed by atoms with van der Waals surface area (Å²) in [7, 11) is 0. The first-order valence-corrected chi connectivity index (χ1v) is 8.39. The zero-order chi connectivity index (χ0) is 16.3. The molecule has 6 nitrogen and oxygen atoms in total. The Morgan fingerprint density at radius 3 is 2.52 bits per heavy atom. The van der Waals surface area contributed by atoms with Gasteiger partial charge in [0.05, 0.1) is 12.2 Å². The number of aromatic nitrogens is 1. The Kier molecular flexibility index (Phi) is 4.94. The summed E-state index contributed by atoms with van der Waals surface area (Å²) in [5, 5.41) is 19.4. The molecule has 2 aliphatic heterocycles. The van der Waals surface area contributed by atoms with Gasteiger partial charge < -0.3 is 15.1 Å². The SMILES string of the molecule is O=C(C(c1cccnc1)N1CCCC1)N1CCC(O)(CO)CC1. The highest BCUT2D eigenvalue weighted by molar-refractivity contribution is 5.83. The van der Waals surface area contributed by atoms with Crippen LogP contribution in [0.3, 0.4) is 0 Å². The zero-order valence-corrected chi connectivity index (χ0v) is 13.4. The van der Waals surface area contributed by atoms with Crippen molar-refractivity contribution in [3.05, 3.63) is 30.1 Å². The summed E-state index contributed by atoms with van der Waals surface area (Å²) < 4.78 is 0. The minimum atomic E-state index is -1.03. The van der Waals surface area contributed by atoms with Crippen molar-refractivity contribution in [2.24, 2.45) is 0 Å². The van der Waals surface area contributed by atoms with E-state index in [4.69, 9.17) is 0 Å². The average molecular weight is 319 g/mol. The van der Waals surface area contributed by atoms with Crippen LogP contribution in [0.2, 0.25) is 0 Å². The molecule has 23 heavy (non-hydrogen) atoms. The molecule has 1 aromatic heterocycles. The van der Waals surface area contributed by atoms with Crippen LogP contribution >= 0.6 is 0 Å². The number of pyridine rings is 1. The highest BCUT2D eigenvalue weighted by Gasteiger charge is 2.38. The molecule has 0 saturated carbocycles. The van der Waals surface area contributed by atoms with Crippen molar-refractivity contribution in [2.45, 2.75) is 37.3 Å². The number of nitrogens with zero attached hydrogens (tertiary/aromatic N) is 3. The maximum atomic E-state index is 13.1. The molecule has 0 aliphatic carbocycles. The number of hydrogen-bond donors (Lipinski definition) is 2. The standard InChI is InChI=1S/C17H25N3O3/c21-13-17(23)5-10-20(11-6-17)16(22)15(19-8-1-2-9-19)14-4-3-7-18-12-14/h3-4,7,12,15,21,23H,1-2,5-6,8-11,13H2. The van der Waals surface area contributed by atoms with Gasteiger partial charge in [-0.05, 0) is 50.4 Å². The predicted octanol–water partition coefficient (Wildman–Crippen LogP) is 0.564. The Labute approximate surface area is 136 Å². The maximum Gasteiger partial charge on any atom is 0.244 e. The van der Waals surface area contributed by atoms with Crippen LogP contribution in [0.1, 0.15) is 37.3 Å². The lowest BCUT2D eigenvalue weighted by molar-refractivity contribution is -0.142. The number of aliphatic hydroxyl groups excluding tert-OH is 1. The van der Waals surface area contributed by atoms with Crippen LogP contribution in [0.5, 0.6) is 0 Å². The minimum Gasteiger partial charge on any atom is -0.393 e. The van der Waals surface area contributed by atoms with Crippen LogP contribution in [-0.2, 0) is 4.79 Å². The summed E-state index contributed by atoms with van der Waals surface area (Å²) in [6.07, 6.45) is 6.58. The van der Waals surface area contributed by atoms with E-state index in [2.05, 4.69) is 9.88 Å². The Morgan fingerprint density at radius 1 is 1.26 bits per heavy atom. The summed E-state index contributed by atoms with van der Waals surface area (Å²) in [6.45, 7) is 2.59. The Bertz CT molecular complexity index is 523. The molecule has 2 saturated heterocycles. The Morgan fingerprint density at radius 2 is 1.96 bits per heavy atom. The lowest BCUT2D eigenvalue weighted by atomic mass is 9.91.